The van der Waals surface area contributed by atoms with Crippen LogP contribution in [0.4, 0.5) is 5.82 Å². The molecule has 1 saturated heterocycles. The van der Waals surface area contributed by atoms with Crippen molar-refractivity contribution in [1.29, 1.82) is 0 Å². The van der Waals surface area contributed by atoms with Crippen LogP contribution in [0, 0.1) is 20.8 Å². The Morgan fingerprint density at radius 1 is 0.963 bits per heavy atom. The van der Waals surface area contributed by atoms with Crippen molar-refractivity contribution in [3.05, 3.63) is 46.2 Å². The predicted octanol–water partition coefficient (Wildman–Crippen LogP) is 2.01. The standard InChI is InChI=1S/C18H21N7OS/c1-12-14(3)25(10-21-12)16-8-15(19-9-20-16)23-4-6-24(7-5-23)18(26)17-13(2)22-11-27-17/h8-11H,4-7H2,1-3H3. The van der Waals surface area contributed by atoms with Gasteiger partial charge in [-0.15, -0.1) is 11.3 Å². The zero-order valence-electron chi connectivity index (χ0n) is 15.6. The van der Waals surface area contributed by atoms with Crippen LogP contribution in [-0.2, 0) is 0 Å². The van der Waals surface area contributed by atoms with E-state index < -0.39 is 0 Å². The maximum atomic E-state index is 12.6. The van der Waals surface area contributed by atoms with Crippen molar-refractivity contribution in [2.75, 3.05) is 31.1 Å². The molecule has 0 N–H and O–H groups in total. The Morgan fingerprint density at radius 3 is 2.33 bits per heavy atom. The number of carbonyl (C=O) groups excluding carboxylic acids is 1. The first kappa shape index (κ1) is 17.6. The van der Waals surface area contributed by atoms with Crippen LogP contribution in [0.2, 0.25) is 0 Å². The van der Waals surface area contributed by atoms with Gasteiger partial charge in [0.1, 0.15) is 29.2 Å². The van der Waals surface area contributed by atoms with E-state index in [1.165, 1.54) is 11.3 Å². The number of amides is 1. The van der Waals surface area contributed by atoms with Crippen molar-refractivity contribution in [2.24, 2.45) is 0 Å². The summed E-state index contributed by atoms with van der Waals surface area (Å²) in [5, 5.41) is 0. The van der Waals surface area contributed by atoms with Crippen LogP contribution in [0.25, 0.3) is 5.82 Å². The van der Waals surface area contributed by atoms with Gasteiger partial charge in [0.2, 0.25) is 0 Å². The van der Waals surface area contributed by atoms with Crippen molar-refractivity contribution in [3.63, 3.8) is 0 Å². The SMILES string of the molecule is Cc1ncsc1C(=O)N1CCN(c2cc(-n3cnc(C)c3C)ncn2)CC1. The fourth-order valence-electron chi connectivity index (χ4n) is 3.16. The lowest BCUT2D eigenvalue weighted by Crippen LogP contribution is -2.49. The summed E-state index contributed by atoms with van der Waals surface area (Å²) in [7, 11) is 0. The summed E-state index contributed by atoms with van der Waals surface area (Å²) < 4.78 is 1.97. The number of hydrogen-bond acceptors (Lipinski definition) is 7. The first-order chi connectivity index (χ1) is 13.0. The maximum absolute atomic E-state index is 12.6. The molecule has 0 atom stereocenters. The van der Waals surface area contributed by atoms with Gasteiger partial charge < -0.3 is 9.80 Å². The Balaban J connectivity index is 1.47. The Kier molecular flexibility index (Phi) is 4.61. The Bertz CT molecular complexity index is 972. The first-order valence-electron chi connectivity index (χ1n) is 8.82. The second kappa shape index (κ2) is 7.07. The number of aromatic nitrogens is 5. The molecule has 3 aromatic heterocycles. The third-order valence-electron chi connectivity index (χ3n) is 4.97. The highest BCUT2D eigenvalue weighted by atomic mass is 32.1. The molecule has 0 saturated carbocycles. The number of carbonyl (C=O) groups is 1. The number of aryl methyl sites for hydroxylation is 2. The normalized spacial score (nSPS) is 14.6. The molecule has 1 aliphatic heterocycles. The molecule has 0 bridgehead atoms. The van der Waals surface area contributed by atoms with E-state index in [-0.39, 0.29) is 5.91 Å². The van der Waals surface area contributed by atoms with Gasteiger partial charge in [0.05, 0.1) is 16.9 Å². The van der Waals surface area contributed by atoms with Crippen LogP contribution in [-0.4, -0.2) is 61.5 Å². The van der Waals surface area contributed by atoms with Crippen LogP contribution in [0.15, 0.2) is 24.2 Å². The van der Waals surface area contributed by atoms with E-state index >= 15 is 0 Å². The molecule has 0 radical (unpaired) electrons. The summed E-state index contributed by atoms with van der Waals surface area (Å²) in [4.78, 5) is 34.8. The van der Waals surface area contributed by atoms with Gasteiger partial charge in [0.15, 0.2) is 0 Å². The molecule has 0 aromatic carbocycles. The minimum absolute atomic E-state index is 0.0718. The van der Waals surface area contributed by atoms with Gasteiger partial charge in [-0.3, -0.25) is 9.36 Å². The summed E-state index contributed by atoms with van der Waals surface area (Å²) in [6.07, 6.45) is 3.36. The molecule has 4 heterocycles. The molecule has 3 aromatic rings. The van der Waals surface area contributed by atoms with Gasteiger partial charge in [-0.05, 0) is 20.8 Å². The Morgan fingerprint density at radius 2 is 1.70 bits per heavy atom. The fraction of sp³-hybridized carbons (Fsp3) is 0.389. The molecule has 1 amide bonds. The Labute approximate surface area is 161 Å². The minimum atomic E-state index is 0.0718. The van der Waals surface area contributed by atoms with Crippen LogP contribution < -0.4 is 4.90 Å². The van der Waals surface area contributed by atoms with Crippen LogP contribution in [0.5, 0.6) is 0 Å². The molecular formula is C18H21N7OS. The number of piperazine rings is 1. The number of rotatable bonds is 3. The Hall–Kier alpha value is -2.81. The van der Waals surface area contributed by atoms with E-state index in [9.17, 15) is 4.79 Å². The maximum Gasteiger partial charge on any atom is 0.265 e. The molecule has 0 spiro atoms. The second-order valence-electron chi connectivity index (χ2n) is 6.57. The highest BCUT2D eigenvalue weighted by Gasteiger charge is 2.25. The van der Waals surface area contributed by atoms with Crippen LogP contribution in [0.3, 0.4) is 0 Å². The molecule has 9 heteroatoms. The summed E-state index contributed by atoms with van der Waals surface area (Å²) in [5.41, 5.74) is 4.58. The van der Waals surface area contributed by atoms with E-state index in [0.717, 1.165) is 46.7 Å². The number of nitrogens with zero attached hydrogens (tertiary/aromatic N) is 7. The summed E-state index contributed by atoms with van der Waals surface area (Å²) in [6, 6.07) is 1.97. The summed E-state index contributed by atoms with van der Waals surface area (Å²) in [5.74, 6) is 1.74. The number of hydrogen-bond donors (Lipinski definition) is 0. The zero-order chi connectivity index (χ0) is 19.0. The van der Waals surface area contributed by atoms with Crippen molar-refractivity contribution in [1.82, 2.24) is 29.4 Å². The van der Waals surface area contributed by atoms with Gasteiger partial charge in [-0.25, -0.2) is 19.9 Å². The quantitative estimate of drug-likeness (QED) is 0.688. The van der Waals surface area contributed by atoms with E-state index in [2.05, 4.69) is 24.8 Å². The fourth-order valence-corrected chi connectivity index (χ4v) is 3.93. The molecule has 1 fully saturated rings. The molecule has 0 unspecified atom stereocenters. The number of anilines is 1. The van der Waals surface area contributed by atoms with Crippen molar-refractivity contribution >= 4 is 23.1 Å². The molecule has 0 aliphatic carbocycles. The van der Waals surface area contributed by atoms with E-state index in [0.29, 0.717) is 13.1 Å². The lowest BCUT2D eigenvalue weighted by molar-refractivity contribution is 0.0750. The minimum Gasteiger partial charge on any atom is -0.353 e. The molecule has 8 nitrogen and oxygen atoms in total. The molecule has 4 rings (SSSR count). The average molecular weight is 383 g/mol. The smallest absolute Gasteiger partial charge is 0.265 e. The summed E-state index contributed by atoms with van der Waals surface area (Å²) in [6.45, 7) is 8.69. The van der Waals surface area contributed by atoms with Gasteiger partial charge in [0.25, 0.3) is 5.91 Å². The zero-order valence-corrected chi connectivity index (χ0v) is 16.4. The third-order valence-corrected chi connectivity index (χ3v) is 5.88. The third kappa shape index (κ3) is 3.30. The average Bonchev–Trinajstić information content (AvgIpc) is 3.27. The molecule has 140 valence electrons. The van der Waals surface area contributed by atoms with Gasteiger partial charge >= 0.3 is 0 Å². The lowest BCUT2D eigenvalue weighted by Gasteiger charge is -2.35. The molecule has 1 aliphatic rings. The second-order valence-corrected chi connectivity index (χ2v) is 7.42. The number of thiazole rings is 1. The van der Waals surface area contributed by atoms with E-state index in [1.54, 1.807) is 18.2 Å². The lowest BCUT2D eigenvalue weighted by atomic mass is 10.2. The van der Waals surface area contributed by atoms with E-state index in [4.69, 9.17) is 0 Å². The predicted molar refractivity (Wildman–Crippen MR) is 104 cm³/mol. The first-order valence-corrected chi connectivity index (χ1v) is 9.70. The molecule has 27 heavy (non-hydrogen) atoms. The molecular weight excluding hydrogens is 362 g/mol. The van der Waals surface area contributed by atoms with Crippen molar-refractivity contribution < 1.29 is 4.79 Å². The highest BCUT2D eigenvalue weighted by Crippen LogP contribution is 2.20. The van der Waals surface area contributed by atoms with Gasteiger partial charge in [-0.2, -0.15) is 0 Å². The topological polar surface area (TPSA) is 80.0 Å². The monoisotopic (exact) mass is 383 g/mol. The van der Waals surface area contributed by atoms with Crippen LogP contribution in [0.1, 0.15) is 26.8 Å². The van der Waals surface area contributed by atoms with Crippen molar-refractivity contribution in [2.45, 2.75) is 20.8 Å². The number of imidazole rings is 1. The van der Waals surface area contributed by atoms with Gasteiger partial charge in [0, 0.05) is 37.9 Å². The van der Waals surface area contributed by atoms with E-state index in [1.807, 2.05) is 36.3 Å². The van der Waals surface area contributed by atoms with Crippen molar-refractivity contribution in [3.8, 4) is 5.82 Å². The van der Waals surface area contributed by atoms with Crippen LogP contribution >= 0.6 is 11.3 Å². The highest BCUT2D eigenvalue weighted by molar-refractivity contribution is 7.11. The largest absolute Gasteiger partial charge is 0.353 e. The summed E-state index contributed by atoms with van der Waals surface area (Å²) >= 11 is 1.41. The van der Waals surface area contributed by atoms with Gasteiger partial charge in [-0.1, -0.05) is 0 Å².